The van der Waals surface area contributed by atoms with Crippen LogP contribution in [0.2, 0.25) is 0 Å². The first-order chi connectivity index (χ1) is 4.84. The summed E-state index contributed by atoms with van der Waals surface area (Å²) in [5.74, 6) is 0.765. The third kappa shape index (κ3) is 1.54. The number of H-pyrrole nitrogens is 2. The van der Waals surface area contributed by atoms with Crippen molar-refractivity contribution in [3.63, 3.8) is 0 Å². The van der Waals surface area contributed by atoms with E-state index in [9.17, 15) is 4.79 Å². The number of rotatable bonds is 3. The Morgan fingerprint density at radius 1 is 1.80 bits per heavy atom. The van der Waals surface area contributed by atoms with Gasteiger partial charge in [0.2, 0.25) is 0 Å². The Balaban J connectivity index is 2.65. The Morgan fingerprint density at radius 2 is 2.60 bits per heavy atom. The average Bonchev–Trinajstić information content (AvgIpc) is 2.31. The molecule has 0 saturated heterocycles. The Hall–Kier alpha value is -0.900. The number of hydrogen-bond donors (Lipinski definition) is 2. The third-order valence-corrected chi connectivity index (χ3v) is 1.99. The van der Waals surface area contributed by atoms with E-state index in [0.29, 0.717) is 4.90 Å². The van der Waals surface area contributed by atoms with Crippen molar-refractivity contribution in [2.75, 3.05) is 5.75 Å². The van der Waals surface area contributed by atoms with Crippen LogP contribution in [0.4, 0.5) is 0 Å². The van der Waals surface area contributed by atoms with Gasteiger partial charge in [0.1, 0.15) is 0 Å². The van der Waals surface area contributed by atoms with Crippen molar-refractivity contribution >= 4 is 11.8 Å². The lowest BCUT2D eigenvalue weighted by Gasteiger charge is -1.85. The lowest BCUT2D eigenvalue weighted by molar-refractivity contribution is 1.05. The van der Waals surface area contributed by atoms with E-state index in [1.807, 2.05) is 0 Å². The molecule has 0 aliphatic carbocycles. The van der Waals surface area contributed by atoms with Crippen molar-refractivity contribution < 1.29 is 0 Å². The summed E-state index contributed by atoms with van der Waals surface area (Å²) in [6, 6.07) is 0. The number of nitrogens with one attached hydrogen (secondary N) is 2. The van der Waals surface area contributed by atoms with Crippen molar-refractivity contribution in [2.24, 2.45) is 0 Å². The van der Waals surface area contributed by atoms with E-state index >= 15 is 0 Å². The van der Waals surface area contributed by atoms with Crippen LogP contribution < -0.4 is 5.56 Å². The molecule has 0 fully saturated rings. The van der Waals surface area contributed by atoms with Crippen LogP contribution in [-0.4, -0.2) is 16.0 Å². The highest BCUT2D eigenvalue weighted by Gasteiger charge is 1.96. The van der Waals surface area contributed by atoms with Gasteiger partial charge in [-0.1, -0.05) is 6.08 Å². The van der Waals surface area contributed by atoms with Crippen LogP contribution in [0.5, 0.6) is 0 Å². The SMILES string of the molecule is C=CCSc1c[nH][nH]c1=O. The first-order valence-electron chi connectivity index (χ1n) is 2.84. The van der Waals surface area contributed by atoms with Crippen molar-refractivity contribution in [1.82, 2.24) is 10.2 Å². The van der Waals surface area contributed by atoms with Crippen molar-refractivity contribution in [2.45, 2.75) is 4.90 Å². The summed E-state index contributed by atoms with van der Waals surface area (Å²) in [5, 5.41) is 5.06. The van der Waals surface area contributed by atoms with Gasteiger partial charge in [0.05, 0.1) is 4.90 Å². The van der Waals surface area contributed by atoms with Crippen LogP contribution in [0, 0.1) is 0 Å². The highest BCUT2D eigenvalue weighted by atomic mass is 32.2. The molecule has 3 nitrogen and oxygen atoms in total. The van der Waals surface area contributed by atoms with Gasteiger partial charge in [0.25, 0.3) is 5.56 Å². The monoisotopic (exact) mass is 156 g/mol. The van der Waals surface area contributed by atoms with Crippen LogP contribution in [0.15, 0.2) is 28.5 Å². The van der Waals surface area contributed by atoms with Gasteiger partial charge in [0.15, 0.2) is 0 Å². The van der Waals surface area contributed by atoms with E-state index < -0.39 is 0 Å². The molecule has 10 heavy (non-hydrogen) atoms. The number of hydrogen-bond acceptors (Lipinski definition) is 2. The zero-order chi connectivity index (χ0) is 7.40. The quantitative estimate of drug-likeness (QED) is 0.506. The number of aromatic nitrogens is 2. The fourth-order valence-electron chi connectivity index (χ4n) is 0.550. The molecule has 0 spiro atoms. The van der Waals surface area contributed by atoms with Gasteiger partial charge in [-0.25, -0.2) is 0 Å². The average molecular weight is 156 g/mol. The number of thioether (sulfide) groups is 1. The molecule has 2 N–H and O–H groups in total. The molecule has 0 bridgehead atoms. The van der Waals surface area contributed by atoms with E-state index in [0.717, 1.165) is 5.75 Å². The standard InChI is InChI=1S/C6H8N2OS/c1-2-3-10-5-4-7-8-6(5)9/h2,4H,1,3H2,(H2,7,8,9). The largest absolute Gasteiger partial charge is 0.304 e. The molecular weight excluding hydrogens is 148 g/mol. The highest BCUT2D eigenvalue weighted by molar-refractivity contribution is 7.99. The molecule has 0 unspecified atom stereocenters. The zero-order valence-electron chi connectivity index (χ0n) is 5.39. The molecule has 4 heteroatoms. The van der Waals surface area contributed by atoms with Gasteiger partial charge in [-0.2, -0.15) is 0 Å². The second-order valence-electron chi connectivity index (χ2n) is 1.71. The lowest BCUT2D eigenvalue weighted by Crippen LogP contribution is -1.99. The van der Waals surface area contributed by atoms with E-state index in [1.54, 1.807) is 12.3 Å². The fraction of sp³-hybridized carbons (Fsp3) is 0.167. The molecule has 1 aromatic heterocycles. The zero-order valence-corrected chi connectivity index (χ0v) is 6.20. The first-order valence-corrected chi connectivity index (χ1v) is 3.83. The maximum absolute atomic E-state index is 10.8. The van der Waals surface area contributed by atoms with Gasteiger partial charge in [-0.15, -0.1) is 18.3 Å². The minimum absolute atomic E-state index is 0.0631. The normalized spacial score (nSPS) is 9.60. The van der Waals surface area contributed by atoms with E-state index in [4.69, 9.17) is 0 Å². The molecule has 0 atom stereocenters. The highest BCUT2D eigenvalue weighted by Crippen LogP contribution is 2.10. The van der Waals surface area contributed by atoms with Crippen LogP contribution in [0.25, 0.3) is 0 Å². The predicted molar refractivity (Wildman–Crippen MR) is 42.3 cm³/mol. The minimum Gasteiger partial charge on any atom is -0.304 e. The molecule has 0 radical (unpaired) electrons. The van der Waals surface area contributed by atoms with Gasteiger partial charge in [0, 0.05) is 11.9 Å². The lowest BCUT2D eigenvalue weighted by atomic mass is 10.7. The Morgan fingerprint density at radius 3 is 3.10 bits per heavy atom. The summed E-state index contributed by atoms with van der Waals surface area (Å²) in [4.78, 5) is 11.5. The molecule has 0 aliphatic rings. The maximum atomic E-state index is 10.8. The molecule has 1 rings (SSSR count). The smallest absolute Gasteiger partial charge is 0.277 e. The molecule has 0 saturated carbocycles. The summed E-state index contributed by atoms with van der Waals surface area (Å²) in [5.41, 5.74) is -0.0631. The fourth-order valence-corrected chi connectivity index (χ4v) is 1.17. The van der Waals surface area contributed by atoms with Gasteiger partial charge < -0.3 is 5.10 Å². The summed E-state index contributed by atoms with van der Waals surface area (Å²) in [7, 11) is 0. The second-order valence-corrected chi connectivity index (χ2v) is 2.77. The van der Waals surface area contributed by atoms with E-state index in [2.05, 4.69) is 16.8 Å². The molecule has 0 amide bonds. The van der Waals surface area contributed by atoms with Crippen LogP contribution in [0.3, 0.4) is 0 Å². The molecule has 1 heterocycles. The van der Waals surface area contributed by atoms with Gasteiger partial charge >= 0.3 is 0 Å². The maximum Gasteiger partial charge on any atom is 0.277 e. The third-order valence-electron chi connectivity index (χ3n) is 0.969. The summed E-state index contributed by atoms with van der Waals surface area (Å²) in [6.07, 6.45) is 3.41. The number of aromatic amines is 2. The Kier molecular flexibility index (Phi) is 2.39. The predicted octanol–water partition coefficient (Wildman–Crippen LogP) is 0.981. The second kappa shape index (κ2) is 3.31. The summed E-state index contributed by atoms with van der Waals surface area (Å²) >= 11 is 1.46. The first kappa shape index (κ1) is 7.21. The summed E-state index contributed by atoms with van der Waals surface area (Å²) < 4.78 is 0. The van der Waals surface area contributed by atoms with Crippen molar-refractivity contribution in [1.29, 1.82) is 0 Å². The van der Waals surface area contributed by atoms with Crippen molar-refractivity contribution in [3.05, 3.63) is 29.2 Å². The summed E-state index contributed by atoms with van der Waals surface area (Å²) in [6.45, 7) is 3.55. The topological polar surface area (TPSA) is 48.6 Å². The molecule has 1 aromatic rings. The molecular formula is C6H8N2OS. The van der Waals surface area contributed by atoms with Gasteiger partial charge in [-0.3, -0.25) is 9.89 Å². The molecule has 54 valence electrons. The van der Waals surface area contributed by atoms with Crippen LogP contribution in [-0.2, 0) is 0 Å². The van der Waals surface area contributed by atoms with Crippen molar-refractivity contribution in [3.8, 4) is 0 Å². The Bertz CT molecular complexity index is 263. The van der Waals surface area contributed by atoms with E-state index in [1.165, 1.54) is 11.8 Å². The minimum atomic E-state index is -0.0631. The Labute approximate surface area is 62.5 Å². The molecule has 0 aliphatic heterocycles. The van der Waals surface area contributed by atoms with Gasteiger partial charge in [-0.05, 0) is 0 Å². The van der Waals surface area contributed by atoms with Crippen LogP contribution in [0.1, 0.15) is 0 Å². The van der Waals surface area contributed by atoms with E-state index in [-0.39, 0.29) is 5.56 Å². The van der Waals surface area contributed by atoms with Crippen LogP contribution >= 0.6 is 11.8 Å². The molecule has 0 aromatic carbocycles.